The fourth-order valence-corrected chi connectivity index (χ4v) is 4.56. The molecule has 2 fully saturated rings. The fraction of sp³-hybridized carbons (Fsp3) is 0.905. The van der Waals surface area contributed by atoms with Crippen LogP contribution in [0.2, 0.25) is 0 Å². The van der Waals surface area contributed by atoms with Crippen LogP contribution in [0.5, 0.6) is 0 Å². The van der Waals surface area contributed by atoms with E-state index in [1.807, 2.05) is 0 Å². The summed E-state index contributed by atoms with van der Waals surface area (Å²) in [5.41, 5.74) is 0. The molecule has 0 aromatic rings. The van der Waals surface area contributed by atoms with Crippen molar-refractivity contribution in [1.82, 2.24) is 10.6 Å². The van der Waals surface area contributed by atoms with Gasteiger partial charge in [0, 0.05) is 6.42 Å². The van der Waals surface area contributed by atoms with E-state index in [2.05, 4.69) is 15.5 Å². The van der Waals surface area contributed by atoms with Crippen LogP contribution >= 0.6 is 11.6 Å². The number of nitrogens with zero attached hydrogens (tertiary/aromatic N) is 1. The number of aliphatic hydroxyl groups is 3. The molecule has 2 aliphatic heterocycles. The first kappa shape index (κ1) is 25.3. The molecule has 9 atom stereocenters. The zero-order valence-electron chi connectivity index (χ0n) is 17.8. The Kier molecular flexibility index (Phi) is 10.3. The van der Waals surface area contributed by atoms with Gasteiger partial charge in [-0.25, -0.2) is 6.57 Å². The van der Waals surface area contributed by atoms with Gasteiger partial charge < -0.3 is 35.5 Å². The first-order valence-electron chi connectivity index (χ1n) is 11.0. The molecular formula is C21H36ClN3O5. The van der Waals surface area contributed by atoms with E-state index in [9.17, 15) is 20.1 Å². The molecule has 1 amide bonds. The molecule has 172 valence electrons. The van der Waals surface area contributed by atoms with Gasteiger partial charge in [-0.3, -0.25) is 4.79 Å². The largest absolute Gasteiger partial charge is 0.388 e. The molecule has 0 spiro atoms. The molecule has 9 heteroatoms. The first-order valence-corrected chi connectivity index (χ1v) is 11.4. The van der Waals surface area contributed by atoms with Crippen molar-refractivity contribution >= 4 is 17.5 Å². The third kappa shape index (κ3) is 6.78. The fourth-order valence-electron chi connectivity index (χ4n) is 4.35. The second-order valence-corrected chi connectivity index (χ2v) is 9.29. The summed E-state index contributed by atoms with van der Waals surface area (Å²) in [6.45, 7) is 11.5. The summed E-state index contributed by atoms with van der Waals surface area (Å²) >= 11 is 6.30. The normalized spacial score (nSPS) is 36.9. The van der Waals surface area contributed by atoms with E-state index in [4.69, 9.17) is 22.9 Å². The molecule has 2 aliphatic rings. The molecule has 5 N–H and O–H groups in total. The number of unbranched alkanes of at least 4 members (excludes halogenated alkanes) is 1. The van der Waals surface area contributed by atoms with Gasteiger partial charge >= 0.3 is 0 Å². The molecule has 2 saturated heterocycles. The Morgan fingerprint density at radius 3 is 2.63 bits per heavy atom. The molecule has 0 bridgehead atoms. The summed E-state index contributed by atoms with van der Waals surface area (Å²) in [6.07, 6.45) is 0.151. The zero-order chi connectivity index (χ0) is 22.3. The van der Waals surface area contributed by atoms with Crippen LogP contribution in [0, 0.1) is 12.5 Å². The van der Waals surface area contributed by atoms with Crippen molar-refractivity contribution in [2.75, 3.05) is 13.1 Å². The molecule has 2 heterocycles. The van der Waals surface area contributed by atoms with Gasteiger partial charge in [0.15, 0.2) is 0 Å². The summed E-state index contributed by atoms with van der Waals surface area (Å²) in [5.74, 6) is 0.343. The second-order valence-electron chi connectivity index (χ2n) is 8.61. The minimum atomic E-state index is -1.37. The van der Waals surface area contributed by atoms with Gasteiger partial charge in [0.1, 0.15) is 24.4 Å². The molecule has 30 heavy (non-hydrogen) atoms. The van der Waals surface area contributed by atoms with Crippen LogP contribution in [0.1, 0.15) is 52.4 Å². The number of ether oxygens (including phenoxy) is 1. The van der Waals surface area contributed by atoms with Gasteiger partial charge in [-0.1, -0.05) is 6.42 Å². The van der Waals surface area contributed by atoms with E-state index < -0.39 is 41.9 Å². The summed E-state index contributed by atoms with van der Waals surface area (Å²) in [7, 11) is 0. The topological polar surface area (TPSA) is 115 Å². The second kappa shape index (κ2) is 12.2. The third-order valence-corrected chi connectivity index (χ3v) is 6.57. The summed E-state index contributed by atoms with van der Waals surface area (Å²) in [4.78, 5) is 16.3. The zero-order valence-corrected chi connectivity index (χ0v) is 18.6. The quantitative estimate of drug-likeness (QED) is 0.214. The number of amides is 1. The first-order chi connectivity index (χ1) is 14.3. The van der Waals surface area contributed by atoms with Crippen molar-refractivity contribution in [1.29, 1.82) is 0 Å². The number of alkyl halides is 1. The average Bonchev–Trinajstić information content (AvgIpc) is 2.96. The lowest BCUT2D eigenvalue weighted by atomic mass is 9.90. The van der Waals surface area contributed by atoms with Gasteiger partial charge in [-0.15, -0.1) is 11.6 Å². The number of rotatable bonds is 8. The van der Waals surface area contributed by atoms with Gasteiger partial charge in [-0.2, -0.15) is 0 Å². The van der Waals surface area contributed by atoms with Gasteiger partial charge in [-0.05, 0) is 52.0 Å². The Morgan fingerprint density at radius 2 is 1.97 bits per heavy atom. The lowest BCUT2D eigenvalue weighted by Crippen LogP contribution is -2.65. The highest BCUT2D eigenvalue weighted by Crippen LogP contribution is 2.26. The van der Waals surface area contributed by atoms with Crippen molar-refractivity contribution < 1.29 is 24.9 Å². The molecular weight excluding hydrogens is 410 g/mol. The van der Waals surface area contributed by atoms with Gasteiger partial charge in [0.2, 0.25) is 12.5 Å². The predicted molar refractivity (Wildman–Crippen MR) is 114 cm³/mol. The SMILES string of the molecule is [C-]#[N+]CCCC[C@@H]1CCN[C@H](C(=O)N[C@@H]([C@H]2O[C@H](C)[C@H](O)[C@@H](O)[C@H]2O)[C@H](C)Cl)CC1. The van der Waals surface area contributed by atoms with Gasteiger partial charge in [0.25, 0.3) is 0 Å². The van der Waals surface area contributed by atoms with Gasteiger partial charge in [0.05, 0.1) is 23.6 Å². The maximum Gasteiger partial charge on any atom is 0.237 e. The predicted octanol–water partition coefficient (Wildman–Crippen LogP) is 0.816. The number of hydrogen-bond donors (Lipinski definition) is 5. The standard InChI is InChI=1S/C21H36ClN3O5/c1-12(22)16(20-19(28)18(27)17(26)13(2)30-20)25-21(29)15-8-7-14(9-11-24-15)6-4-5-10-23-3/h12-20,24,26-28H,4-11H2,1-2H3,(H,25,29)/t12-,13+,14-,15-,16+,17-,18+,19+,20+/m0/s1. The number of aliphatic hydroxyl groups excluding tert-OH is 3. The van der Waals surface area contributed by atoms with Crippen molar-refractivity contribution in [3.8, 4) is 0 Å². The van der Waals surface area contributed by atoms with E-state index in [-0.39, 0.29) is 11.9 Å². The van der Waals surface area contributed by atoms with E-state index in [1.54, 1.807) is 13.8 Å². The van der Waals surface area contributed by atoms with Crippen LogP contribution in [-0.4, -0.2) is 82.3 Å². The maximum atomic E-state index is 12.9. The molecule has 0 radical (unpaired) electrons. The highest BCUT2D eigenvalue weighted by Gasteiger charge is 2.46. The van der Waals surface area contributed by atoms with E-state index in [1.165, 1.54) is 0 Å². The van der Waals surface area contributed by atoms with E-state index in [0.29, 0.717) is 18.9 Å². The van der Waals surface area contributed by atoms with Crippen LogP contribution in [0.4, 0.5) is 0 Å². The Labute approximate surface area is 184 Å². The number of carbonyl (C=O) groups excluding carboxylic acids is 1. The maximum absolute atomic E-state index is 12.9. The van der Waals surface area contributed by atoms with E-state index >= 15 is 0 Å². The van der Waals surface area contributed by atoms with Crippen LogP contribution in [0.25, 0.3) is 4.85 Å². The summed E-state index contributed by atoms with van der Waals surface area (Å²) in [5, 5.41) is 36.1. The Morgan fingerprint density at radius 1 is 1.23 bits per heavy atom. The Balaban J connectivity index is 1.93. The highest BCUT2D eigenvalue weighted by atomic mass is 35.5. The smallest absolute Gasteiger partial charge is 0.237 e. The van der Waals surface area contributed by atoms with E-state index in [0.717, 1.165) is 38.6 Å². The lowest BCUT2D eigenvalue weighted by Gasteiger charge is -2.43. The van der Waals surface area contributed by atoms with Crippen LogP contribution < -0.4 is 10.6 Å². The summed E-state index contributed by atoms with van der Waals surface area (Å²) < 4.78 is 5.70. The minimum Gasteiger partial charge on any atom is -0.388 e. The lowest BCUT2D eigenvalue weighted by molar-refractivity contribution is -0.223. The minimum absolute atomic E-state index is 0.203. The molecule has 8 nitrogen and oxygen atoms in total. The van der Waals surface area contributed by atoms with Crippen LogP contribution in [0.3, 0.4) is 0 Å². The van der Waals surface area contributed by atoms with Crippen molar-refractivity contribution in [2.45, 2.75) is 100 Å². The van der Waals surface area contributed by atoms with Crippen LogP contribution in [-0.2, 0) is 9.53 Å². The molecule has 0 aromatic carbocycles. The summed E-state index contributed by atoms with van der Waals surface area (Å²) in [6, 6.07) is -1.07. The van der Waals surface area contributed by atoms with Crippen molar-refractivity contribution in [3.05, 3.63) is 11.4 Å². The Bertz CT molecular complexity index is 587. The molecule has 0 unspecified atom stereocenters. The monoisotopic (exact) mass is 445 g/mol. The Hall–Kier alpha value is -0.950. The number of carbonyl (C=O) groups is 1. The third-order valence-electron chi connectivity index (χ3n) is 6.30. The number of nitrogens with one attached hydrogen (secondary N) is 2. The molecule has 2 rings (SSSR count). The van der Waals surface area contributed by atoms with Crippen molar-refractivity contribution in [3.63, 3.8) is 0 Å². The number of hydrogen-bond acceptors (Lipinski definition) is 6. The van der Waals surface area contributed by atoms with Crippen LogP contribution in [0.15, 0.2) is 0 Å². The molecule has 0 saturated carbocycles. The number of halogens is 1. The highest BCUT2D eigenvalue weighted by molar-refractivity contribution is 6.21. The van der Waals surface area contributed by atoms with Crippen molar-refractivity contribution in [2.24, 2.45) is 5.92 Å². The average molecular weight is 446 g/mol. The molecule has 0 aliphatic carbocycles. The molecule has 0 aromatic heterocycles.